The Balaban J connectivity index is 1.65. The van der Waals surface area contributed by atoms with Crippen molar-refractivity contribution in [3.63, 3.8) is 0 Å². The maximum Gasteiger partial charge on any atom is 0.237 e. The molecule has 1 saturated heterocycles. The van der Waals surface area contributed by atoms with E-state index in [1.165, 1.54) is 4.88 Å². The van der Waals surface area contributed by atoms with Gasteiger partial charge in [-0.05, 0) is 31.4 Å². The third-order valence-corrected chi connectivity index (χ3v) is 5.18. The molecule has 0 spiro atoms. The van der Waals surface area contributed by atoms with Crippen molar-refractivity contribution in [2.75, 3.05) is 6.54 Å². The van der Waals surface area contributed by atoms with Crippen LogP contribution in [0.15, 0.2) is 29.8 Å². The fourth-order valence-electron chi connectivity index (χ4n) is 2.82. The zero-order valence-electron chi connectivity index (χ0n) is 13.2. The molecule has 1 amide bonds. The van der Waals surface area contributed by atoms with E-state index in [4.69, 9.17) is 0 Å². The Kier molecular flexibility index (Phi) is 4.75. The molecule has 0 saturated carbocycles. The number of hydrogen-bond donors (Lipinski definition) is 3. The van der Waals surface area contributed by atoms with Gasteiger partial charge >= 0.3 is 0 Å². The quantitative estimate of drug-likeness (QED) is 0.801. The van der Waals surface area contributed by atoms with Crippen LogP contribution in [0, 0.1) is 6.92 Å². The molecule has 2 unspecified atom stereocenters. The van der Waals surface area contributed by atoms with Crippen LogP contribution in [0.5, 0.6) is 0 Å². The highest BCUT2D eigenvalue weighted by molar-refractivity contribution is 7.13. The van der Waals surface area contributed by atoms with Crippen molar-refractivity contribution < 1.29 is 9.90 Å². The molecule has 1 aromatic heterocycles. The number of carbonyl (C=O) groups is 1. The topological polar surface area (TPSA) is 74.2 Å². The molecule has 2 aromatic rings. The predicted octanol–water partition coefficient (Wildman–Crippen LogP) is 2.02. The molecule has 23 heavy (non-hydrogen) atoms. The summed E-state index contributed by atoms with van der Waals surface area (Å²) in [5.74, 6) is -0.0589. The highest BCUT2D eigenvalue weighted by Gasteiger charge is 2.28. The zero-order chi connectivity index (χ0) is 16.4. The van der Waals surface area contributed by atoms with Crippen LogP contribution in [0.1, 0.15) is 30.6 Å². The average Bonchev–Trinajstić information content (AvgIpc) is 3.16. The van der Waals surface area contributed by atoms with Gasteiger partial charge in [-0.1, -0.05) is 24.3 Å². The maximum atomic E-state index is 12.2. The monoisotopic (exact) mass is 331 g/mol. The predicted molar refractivity (Wildman–Crippen MR) is 91.3 cm³/mol. The van der Waals surface area contributed by atoms with Crippen LogP contribution in [0.4, 0.5) is 0 Å². The third-order valence-electron chi connectivity index (χ3n) is 4.20. The van der Waals surface area contributed by atoms with Gasteiger partial charge in [-0.25, -0.2) is 4.98 Å². The minimum absolute atomic E-state index is 0.0589. The number of nitrogens with zero attached hydrogens (tertiary/aromatic N) is 1. The van der Waals surface area contributed by atoms with E-state index in [9.17, 15) is 9.90 Å². The van der Waals surface area contributed by atoms with E-state index < -0.39 is 6.10 Å². The second kappa shape index (κ2) is 6.78. The molecule has 6 heteroatoms. The van der Waals surface area contributed by atoms with Crippen molar-refractivity contribution in [2.24, 2.45) is 0 Å². The first kappa shape index (κ1) is 16.1. The molecule has 1 aliphatic heterocycles. The van der Waals surface area contributed by atoms with Crippen LogP contribution in [0.25, 0.3) is 10.4 Å². The Morgan fingerprint density at radius 3 is 2.74 bits per heavy atom. The number of aliphatic hydroxyl groups excluding tert-OH is 1. The Bertz CT molecular complexity index is 683. The van der Waals surface area contributed by atoms with Gasteiger partial charge in [0, 0.05) is 6.54 Å². The van der Waals surface area contributed by atoms with Gasteiger partial charge in [0.1, 0.15) is 0 Å². The number of benzene rings is 1. The molecule has 0 aliphatic carbocycles. The number of β-amino-alcohol motifs (C(OH)–C–C–N with tert-alkyl or cyclic N) is 1. The first-order chi connectivity index (χ1) is 11.0. The van der Waals surface area contributed by atoms with Crippen molar-refractivity contribution in [1.82, 2.24) is 15.6 Å². The molecule has 0 radical (unpaired) electrons. The molecular formula is C17H21N3O2S. The number of rotatable bonds is 4. The standard InChI is InChI=1S/C17H21N3O2S/c1-10(20-17(22)15-7-14(21)8-18-15)12-3-5-13(6-4-12)16-11(2)19-9-23-16/h3-6,9-10,14-15,18,21H,7-8H2,1-2H3,(H,20,22)/t10-,14?,15?/m0/s1. The van der Waals surface area contributed by atoms with Crippen LogP contribution in [0.3, 0.4) is 0 Å². The molecule has 1 aliphatic rings. The summed E-state index contributed by atoms with van der Waals surface area (Å²) in [6, 6.07) is 7.84. The lowest BCUT2D eigenvalue weighted by molar-refractivity contribution is -0.123. The van der Waals surface area contributed by atoms with Crippen LogP contribution < -0.4 is 10.6 Å². The zero-order valence-corrected chi connectivity index (χ0v) is 14.1. The van der Waals surface area contributed by atoms with Crippen molar-refractivity contribution >= 4 is 17.2 Å². The number of aryl methyl sites for hydroxylation is 1. The lowest BCUT2D eigenvalue weighted by Gasteiger charge is -2.18. The molecule has 3 atom stereocenters. The molecule has 2 heterocycles. The van der Waals surface area contributed by atoms with E-state index >= 15 is 0 Å². The van der Waals surface area contributed by atoms with Gasteiger partial charge < -0.3 is 15.7 Å². The molecule has 3 N–H and O–H groups in total. The molecule has 1 aromatic carbocycles. The Morgan fingerprint density at radius 1 is 1.43 bits per heavy atom. The van der Waals surface area contributed by atoms with Gasteiger partial charge in [0.2, 0.25) is 5.91 Å². The Morgan fingerprint density at radius 2 is 2.17 bits per heavy atom. The van der Waals surface area contributed by atoms with Gasteiger partial charge in [-0.3, -0.25) is 4.79 Å². The van der Waals surface area contributed by atoms with Crippen molar-refractivity contribution in [3.8, 4) is 10.4 Å². The first-order valence-electron chi connectivity index (χ1n) is 7.77. The summed E-state index contributed by atoms with van der Waals surface area (Å²) in [6.07, 6.45) is 0.0466. The van der Waals surface area contributed by atoms with Crippen LogP contribution >= 0.6 is 11.3 Å². The molecule has 1 fully saturated rings. The number of hydrogen-bond acceptors (Lipinski definition) is 5. The van der Waals surface area contributed by atoms with E-state index in [-0.39, 0.29) is 18.0 Å². The van der Waals surface area contributed by atoms with E-state index in [1.54, 1.807) is 11.3 Å². The minimum Gasteiger partial charge on any atom is -0.392 e. The summed E-state index contributed by atoms with van der Waals surface area (Å²) in [5.41, 5.74) is 5.09. The van der Waals surface area contributed by atoms with Gasteiger partial charge in [-0.2, -0.15) is 0 Å². The number of carbonyl (C=O) groups excluding carboxylic acids is 1. The largest absolute Gasteiger partial charge is 0.392 e. The lowest BCUT2D eigenvalue weighted by atomic mass is 10.0. The van der Waals surface area contributed by atoms with Gasteiger partial charge in [-0.15, -0.1) is 11.3 Å². The van der Waals surface area contributed by atoms with Crippen molar-refractivity contribution in [1.29, 1.82) is 0 Å². The smallest absolute Gasteiger partial charge is 0.237 e. The van der Waals surface area contributed by atoms with Crippen LogP contribution in [0.2, 0.25) is 0 Å². The number of thiazole rings is 1. The second-order valence-corrected chi connectivity index (χ2v) is 6.82. The van der Waals surface area contributed by atoms with Gasteiger partial charge in [0.25, 0.3) is 0 Å². The highest BCUT2D eigenvalue weighted by atomic mass is 32.1. The fourth-order valence-corrected chi connectivity index (χ4v) is 3.63. The average molecular weight is 331 g/mol. The molecule has 3 rings (SSSR count). The third kappa shape index (κ3) is 3.60. The van der Waals surface area contributed by atoms with Gasteiger partial charge in [0.15, 0.2) is 0 Å². The Labute approximate surface area is 139 Å². The number of aromatic nitrogens is 1. The van der Waals surface area contributed by atoms with E-state index in [1.807, 2.05) is 31.5 Å². The van der Waals surface area contributed by atoms with E-state index in [0.717, 1.165) is 16.8 Å². The van der Waals surface area contributed by atoms with Crippen molar-refractivity contribution in [2.45, 2.75) is 38.5 Å². The van der Waals surface area contributed by atoms with Crippen LogP contribution in [-0.4, -0.2) is 34.7 Å². The SMILES string of the molecule is Cc1ncsc1-c1ccc([C@H](C)NC(=O)C2CC(O)CN2)cc1. The molecule has 0 bridgehead atoms. The number of aliphatic hydroxyl groups is 1. The summed E-state index contributed by atoms with van der Waals surface area (Å²) in [6.45, 7) is 4.46. The minimum atomic E-state index is -0.428. The maximum absolute atomic E-state index is 12.2. The molecular weight excluding hydrogens is 310 g/mol. The van der Waals surface area contributed by atoms with Crippen molar-refractivity contribution in [3.05, 3.63) is 41.0 Å². The molecule has 122 valence electrons. The number of nitrogens with one attached hydrogen (secondary N) is 2. The number of amides is 1. The molecule has 5 nitrogen and oxygen atoms in total. The van der Waals surface area contributed by atoms with Gasteiger partial charge in [0.05, 0.1) is 34.3 Å². The Hall–Kier alpha value is -1.76. The van der Waals surface area contributed by atoms with Crippen LogP contribution in [-0.2, 0) is 4.79 Å². The summed E-state index contributed by atoms with van der Waals surface area (Å²) in [4.78, 5) is 17.6. The summed E-state index contributed by atoms with van der Waals surface area (Å²) >= 11 is 1.63. The summed E-state index contributed by atoms with van der Waals surface area (Å²) < 4.78 is 0. The highest BCUT2D eigenvalue weighted by Crippen LogP contribution is 2.28. The van der Waals surface area contributed by atoms with E-state index in [2.05, 4.69) is 27.8 Å². The normalized spacial score (nSPS) is 22.0. The first-order valence-corrected chi connectivity index (χ1v) is 8.65. The second-order valence-electron chi connectivity index (χ2n) is 5.97. The fraction of sp³-hybridized carbons (Fsp3) is 0.412. The summed E-state index contributed by atoms with van der Waals surface area (Å²) in [7, 11) is 0. The lowest BCUT2D eigenvalue weighted by Crippen LogP contribution is -2.41. The summed E-state index contributed by atoms with van der Waals surface area (Å²) in [5, 5.41) is 15.5. The van der Waals surface area contributed by atoms with E-state index in [0.29, 0.717) is 13.0 Å².